The summed E-state index contributed by atoms with van der Waals surface area (Å²) in [6, 6.07) is 3.57. The van der Waals surface area contributed by atoms with Crippen LogP contribution in [0, 0.1) is 5.82 Å². The molecule has 0 fully saturated rings. The highest BCUT2D eigenvalue weighted by molar-refractivity contribution is 6.47. The van der Waals surface area contributed by atoms with E-state index >= 15 is 0 Å². The van der Waals surface area contributed by atoms with Gasteiger partial charge in [-0.2, -0.15) is 0 Å². The zero-order chi connectivity index (χ0) is 12.3. The van der Waals surface area contributed by atoms with Crippen molar-refractivity contribution < 1.29 is 18.7 Å². The van der Waals surface area contributed by atoms with E-state index in [2.05, 4.69) is 4.74 Å². The minimum Gasteiger partial charge on any atom is -0.463 e. The Morgan fingerprint density at radius 2 is 2.06 bits per heavy atom. The third kappa shape index (κ3) is 2.71. The van der Waals surface area contributed by atoms with Crippen LogP contribution in [-0.2, 0) is 14.3 Å². The van der Waals surface area contributed by atoms with E-state index in [1.54, 1.807) is 0 Å². The molecule has 0 saturated carbocycles. The third-order valence-electron chi connectivity index (χ3n) is 1.85. The maximum Gasteiger partial charge on any atom is 0.376 e. The Bertz CT molecular complexity index is 434. The van der Waals surface area contributed by atoms with Crippen molar-refractivity contribution in [2.75, 3.05) is 7.11 Å². The molecule has 0 bridgehead atoms. The molecule has 0 spiro atoms. The summed E-state index contributed by atoms with van der Waals surface area (Å²) < 4.78 is 17.5. The number of hydrogen-bond donors (Lipinski definition) is 0. The maximum absolute atomic E-state index is 13.3. The standard InChI is InChI=1S/C10H7Cl2FO3/c1-16-10(15)9(14)8(12)6-4-5(11)2-3-7(6)13/h2-4,8H,1H3. The summed E-state index contributed by atoms with van der Waals surface area (Å²) in [6.45, 7) is 0. The van der Waals surface area contributed by atoms with Gasteiger partial charge in [-0.15, -0.1) is 11.6 Å². The molecule has 1 aromatic rings. The Balaban J connectivity index is 3.04. The zero-order valence-electron chi connectivity index (χ0n) is 8.17. The predicted molar refractivity (Wildman–Crippen MR) is 57.0 cm³/mol. The second-order valence-electron chi connectivity index (χ2n) is 2.88. The number of carbonyl (C=O) groups is 2. The van der Waals surface area contributed by atoms with Crippen molar-refractivity contribution in [1.82, 2.24) is 0 Å². The van der Waals surface area contributed by atoms with Crippen LogP contribution in [0.4, 0.5) is 4.39 Å². The zero-order valence-corrected chi connectivity index (χ0v) is 9.68. The molecule has 1 rings (SSSR count). The van der Waals surface area contributed by atoms with Crippen molar-refractivity contribution in [3.05, 3.63) is 34.6 Å². The van der Waals surface area contributed by atoms with E-state index in [0.717, 1.165) is 13.2 Å². The maximum atomic E-state index is 13.3. The van der Waals surface area contributed by atoms with Crippen LogP contribution in [0.5, 0.6) is 0 Å². The number of hydrogen-bond acceptors (Lipinski definition) is 3. The number of ether oxygens (including phenoxy) is 1. The van der Waals surface area contributed by atoms with Crippen molar-refractivity contribution in [2.24, 2.45) is 0 Å². The molecule has 0 aliphatic carbocycles. The molecule has 0 heterocycles. The van der Waals surface area contributed by atoms with Gasteiger partial charge in [-0.3, -0.25) is 4.79 Å². The van der Waals surface area contributed by atoms with E-state index < -0.39 is 22.9 Å². The third-order valence-corrected chi connectivity index (χ3v) is 2.52. The lowest BCUT2D eigenvalue weighted by Gasteiger charge is -2.08. The average molecular weight is 265 g/mol. The number of methoxy groups -OCH3 is 1. The van der Waals surface area contributed by atoms with Gasteiger partial charge in [-0.05, 0) is 18.2 Å². The van der Waals surface area contributed by atoms with Crippen molar-refractivity contribution >= 4 is 35.0 Å². The first-order valence-electron chi connectivity index (χ1n) is 4.18. The van der Waals surface area contributed by atoms with Gasteiger partial charge in [0.1, 0.15) is 11.2 Å². The van der Waals surface area contributed by atoms with Crippen LogP contribution in [0.1, 0.15) is 10.9 Å². The van der Waals surface area contributed by atoms with E-state index in [0.29, 0.717) is 0 Å². The molecule has 0 N–H and O–H groups in total. The minimum atomic E-state index is -1.44. The summed E-state index contributed by atoms with van der Waals surface area (Å²) >= 11 is 11.3. The first kappa shape index (κ1) is 12.9. The molecule has 1 unspecified atom stereocenters. The Morgan fingerprint density at radius 3 is 2.62 bits per heavy atom. The van der Waals surface area contributed by atoms with Gasteiger partial charge < -0.3 is 4.74 Å². The Morgan fingerprint density at radius 1 is 1.44 bits per heavy atom. The molecule has 86 valence electrons. The predicted octanol–water partition coefficient (Wildman–Crippen LogP) is 2.50. The minimum absolute atomic E-state index is 0.149. The number of Topliss-reactive ketones (excluding diaryl/α,β-unsaturated/α-hetero) is 1. The molecular formula is C10H7Cl2FO3. The molecule has 6 heteroatoms. The van der Waals surface area contributed by atoms with E-state index in [1.807, 2.05) is 0 Å². The van der Waals surface area contributed by atoms with Crippen LogP contribution < -0.4 is 0 Å². The number of carbonyl (C=O) groups excluding carboxylic acids is 2. The number of ketones is 1. The lowest BCUT2D eigenvalue weighted by atomic mass is 10.1. The molecule has 0 saturated heterocycles. The van der Waals surface area contributed by atoms with Gasteiger partial charge in [0.2, 0.25) is 0 Å². The molecule has 0 aliphatic heterocycles. The fourth-order valence-corrected chi connectivity index (χ4v) is 1.49. The number of rotatable bonds is 3. The van der Waals surface area contributed by atoms with E-state index in [1.165, 1.54) is 12.1 Å². The Labute approximate surface area is 101 Å². The van der Waals surface area contributed by atoms with Crippen LogP contribution in [0.2, 0.25) is 5.02 Å². The molecule has 0 aliphatic rings. The first-order valence-corrected chi connectivity index (χ1v) is 5.00. The second-order valence-corrected chi connectivity index (χ2v) is 3.76. The quantitative estimate of drug-likeness (QED) is 0.479. The Kier molecular flexibility index (Phi) is 4.26. The molecular weight excluding hydrogens is 258 g/mol. The molecule has 0 amide bonds. The molecule has 1 aromatic carbocycles. The van der Waals surface area contributed by atoms with Gasteiger partial charge in [0, 0.05) is 10.6 Å². The van der Waals surface area contributed by atoms with Crippen LogP contribution in [0.15, 0.2) is 18.2 Å². The van der Waals surface area contributed by atoms with Crippen molar-refractivity contribution in [1.29, 1.82) is 0 Å². The molecule has 0 aromatic heterocycles. The fraction of sp³-hybridized carbons (Fsp3) is 0.200. The van der Waals surface area contributed by atoms with Crippen LogP contribution in [0.3, 0.4) is 0 Å². The topological polar surface area (TPSA) is 43.4 Å². The fourth-order valence-electron chi connectivity index (χ4n) is 1.05. The first-order chi connectivity index (χ1) is 7.47. The van der Waals surface area contributed by atoms with Crippen molar-refractivity contribution in [2.45, 2.75) is 5.38 Å². The molecule has 1 atom stereocenters. The monoisotopic (exact) mass is 264 g/mol. The number of halogens is 3. The number of esters is 1. The highest BCUT2D eigenvalue weighted by atomic mass is 35.5. The van der Waals surface area contributed by atoms with Gasteiger partial charge in [0.15, 0.2) is 0 Å². The van der Waals surface area contributed by atoms with Crippen molar-refractivity contribution in [3.8, 4) is 0 Å². The summed E-state index contributed by atoms with van der Waals surface area (Å²) in [6.07, 6.45) is 0. The smallest absolute Gasteiger partial charge is 0.376 e. The van der Waals surface area contributed by atoms with Crippen molar-refractivity contribution in [3.63, 3.8) is 0 Å². The molecule has 16 heavy (non-hydrogen) atoms. The number of benzene rings is 1. The summed E-state index contributed by atoms with van der Waals surface area (Å²) in [5.41, 5.74) is -0.149. The Hall–Kier alpha value is -1.13. The van der Waals surface area contributed by atoms with E-state index in [-0.39, 0.29) is 10.6 Å². The van der Waals surface area contributed by atoms with Gasteiger partial charge in [0.05, 0.1) is 7.11 Å². The molecule has 0 radical (unpaired) electrons. The summed E-state index contributed by atoms with van der Waals surface area (Å²) in [5.74, 6) is -2.87. The second kappa shape index (κ2) is 5.27. The number of alkyl halides is 1. The van der Waals surface area contributed by atoms with Gasteiger partial charge >= 0.3 is 5.97 Å². The van der Waals surface area contributed by atoms with E-state index in [9.17, 15) is 14.0 Å². The highest BCUT2D eigenvalue weighted by Crippen LogP contribution is 2.27. The lowest BCUT2D eigenvalue weighted by Crippen LogP contribution is -2.20. The van der Waals surface area contributed by atoms with Gasteiger partial charge in [-0.25, -0.2) is 9.18 Å². The van der Waals surface area contributed by atoms with Crippen LogP contribution in [0.25, 0.3) is 0 Å². The lowest BCUT2D eigenvalue weighted by molar-refractivity contribution is -0.151. The summed E-state index contributed by atoms with van der Waals surface area (Å²) in [7, 11) is 1.04. The average Bonchev–Trinajstić information content (AvgIpc) is 2.29. The molecule has 3 nitrogen and oxygen atoms in total. The van der Waals surface area contributed by atoms with Gasteiger partial charge in [-0.1, -0.05) is 11.6 Å². The highest BCUT2D eigenvalue weighted by Gasteiger charge is 2.27. The van der Waals surface area contributed by atoms with Gasteiger partial charge in [0.25, 0.3) is 5.78 Å². The largest absolute Gasteiger partial charge is 0.463 e. The van der Waals surface area contributed by atoms with Crippen LogP contribution >= 0.6 is 23.2 Å². The SMILES string of the molecule is COC(=O)C(=O)C(Cl)c1cc(Cl)ccc1F. The van der Waals surface area contributed by atoms with E-state index in [4.69, 9.17) is 23.2 Å². The normalized spacial score (nSPS) is 12.0. The van der Waals surface area contributed by atoms with Crippen LogP contribution in [-0.4, -0.2) is 18.9 Å². The summed E-state index contributed by atoms with van der Waals surface area (Å²) in [5, 5.41) is -1.22. The summed E-state index contributed by atoms with van der Waals surface area (Å²) in [4.78, 5) is 22.2.